The second kappa shape index (κ2) is 6.57. The molecular weight excluding hydrogens is 294 g/mol. The molecular formula is C13H13N3O6. The van der Waals surface area contributed by atoms with E-state index in [-0.39, 0.29) is 17.5 Å². The fourth-order valence-electron chi connectivity index (χ4n) is 1.68. The Morgan fingerprint density at radius 1 is 0.909 bits per heavy atom. The maximum Gasteiger partial charge on any atom is 0.392 e. The van der Waals surface area contributed by atoms with Crippen LogP contribution in [-0.2, 0) is 0 Å². The second-order valence-electron chi connectivity index (χ2n) is 3.94. The van der Waals surface area contributed by atoms with Gasteiger partial charge in [0.2, 0.25) is 0 Å². The summed E-state index contributed by atoms with van der Waals surface area (Å²) in [5, 5.41) is 11.2. The first-order valence-electron chi connectivity index (χ1n) is 6.03. The average Bonchev–Trinajstić information content (AvgIpc) is 2.53. The standard InChI is InChI=1S/C13H13N3O6/c1-19-8-4-9(20-2)6-10(5-8)22-13-11(16(17)18)12(21-3)14-7-15-13/h4-7H,1-3H3. The second-order valence-corrected chi connectivity index (χ2v) is 3.94. The van der Waals surface area contributed by atoms with Crippen LogP contribution in [0.5, 0.6) is 29.0 Å². The number of benzene rings is 1. The lowest BCUT2D eigenvalue weighted by Gasteiger charge is -2.10. The van der Waals surface area contributed by atoms with Crippen LogP contribution in [-0.4, -0.2) is 36.2 Å². The molecule has 22 heavy (non-hydrogen) atoms. The van der Waals surface area contributed by atoms with E-state index in [0.717, 1.165) is 6.33 Å². The monoisotopic (exact) mass is 307 g/mol. The summed E-state index contributed by atoms with van der Waals surface area (Å²) in [4.78, 5) is 17.9. The highest BCUT2D eigenvalue weighted by Crippen LogP contribution is 2.37. The van der Waals surface area contributed by atoms with E-state index in [2.05, 4.69) is 9.97 Å². The van der Waals surface area contributed by atoms with E-state index in [9.17, 15) is 10.1 Å². The molecule has 0 spiro atoms. The molecule has 0 atom stereocenters. The van der Waals surface area contributed by atoms with E-state index in [0.29, 0.717) is 11.5 Å². The van der Waals surface area contributed by atoms with Crippen molar-refractivity contribution in [3.05, 3.63) is 34.6 Å². The summed E-state index contributed by atoms with van der Waals surface area (Å²) in [7, 11) is 4.23. The molecule has 0 aliphatic rings. The van der Waals surface area contributed by atoms with Gasteiger partial charge in [0, 0.05) is 18.2 Å². The molecule has 0 amide bonds. The highest BCUT2D eigenvalue weighted by molar-refractivity contribution is 5.52. The van der Waals surface area contributed by atoms with Crippen LogP contribution in [0, 0.1) is 10.1 Å². The van der Waals surface area contributed by atoms with Gasteiger partial charge in [0.05, 0.1) is 26.3 Å². The van der Waals surface area contributed by atoms with Crippen LogP contribution >= 0.6 is 0 Å². The molecule has 0 unspecified atom stereocenters. The predicted octanol–water partition coefficient (Wildman–Crippen LogP) is 2.20. The molecule has 9 heteroatoms. The van der Waals surface area contributed by atoms with Gasteiger partial charge in [-0.1, -0.05) is 0 Å². The number of rotatable bonds is 6. The molecule has 0 saturated heterocycles. The zero-order chi connectivity index (χ0) is 16.1. The number of methoxy groups -OCH3 is 3. The third-order valence-electron chi connectivity index (χ3n) is 2.67. The average molecular weight is 307 g/mol. The van der Waals surface area contributed by atoms with E-state index in [1.165, 1.54) is 21.3 Å². The highest BCUT2D eigenvalue weighted by Gasteiger charge is 2.26. The summed E-state index contributed by atoms with van der Waals surface area (Å²) in [6, 6.07) is 4.73. The lowest BCUT2D eigenvalue weighted by atomic mass is 10.3. The van der Waals surface area contributed by atoms with E-state index in [4.69, 9.17) is 18.9 Å². The molecule has 9 nitrogen and oxygen atoms in total. The summed E-state index contributed by atoms with van der Waals surface area (Å²) >= 11 is 0. The minimum Gasteiger partial charge on any atom is -0.496 e. The fraction of sp³-hybridized carbons (Fsp3) is 0.231. The number of ether oxygens (including phenoxy) is 4. The van der Waals surface area contributed by atoms with Crippen LogP contribution in [0.15, 0.2) is 24.5 Å². The van der Waals surface area contributed by atoms with Crippen LogP contribution in [0.2, 0.25) is 0 Å². The molecule has 2 aromatic rings. The Morgan fingerprint density at radius 2 is 1.45 bits per heavy atom. The van der Waals surface area contributed by atoms with Crippen molar-refractivity contribution in [3.63, 3.8) is 0 Å². The topological polar surface area (TPSA) is 106 Å². The molecule has 1 aromatic heterocycles. The molecule has 0 N–H and O–H groups in total. The Balaban J connectivity index is 2.45. The van der Waals surface area contributed by atoms with Gasteiger partial charge in [-0.2, -0.15) is 9.97 Å². The zero-order valence-corrected chi connectivity index (χ0v) is 12.1. The van der Waals surface area contributed by atoms with Gasteiger partial charge in [0.1, 0.15) is 23.6 Å². The molecule has 0 aliphatic carbocycles. The van der Waals surface area contributed by atoms with Crippen LogP contribution in [0.25, 0.3) is 0 Å². The van der Waals surface area contributed by atoms with Crippen molar-refractivity contribution in [1.82, 2.24) is 9.97 Å². The van der Waals surface area contributed by atoms with Gasteiger partial charge in [-0.25, -0.2) is 0 Å². The summed E-state index contributed by atoms with van der Waals surface area (Å²) < 4.78 is 20.5. The quantitative estimate of drug-likeness (QED) is 0.590. The van der Waals surface area contributed by atoms with Gasteiger partial charge in [0.25, 0.3) is 0 Å². The normalized spacial score (nSPS) is 9.95. The van der Waals surface area contributed by atoms with Crippen LogP contribution < -0.4 is 18.9 Å². The van der Waals surface area contributed by atoms with E-state index >= 15 is 0 Å². The number of hydrogen-bond acceptors (Lipinski definition) is 8. The van der Waals surface area contributed by atoms with Crippen LogP contribution in [0.4, 0.5) is 5.69 Å². The van der Waals surface area contributed by atoms with Crippen molar-refractivity contribution in [1.29, 1.82) is 0 Å². The van der Waals surface area contributed by atoms with Crippen molar-refractivity contribution < 1.29 is 23.9 Å². The third kappa shape index (κ3) is 3.14. The first kappa shape index (κ1) is 15.3. The smallest absolute Gasteiger partial charge is 0.392 e. The van der Waals surface area contributed by atoms with E-state index < -0.39 is 10.6 Å². The molecule has 0 aliphatic heterocycles. The third-order valence-corrected chi connectivity index (χ3v) is 2.67. The van der Waals surface area contributed by atoms with Crippen LogP contribution in [0.3, 0.4) is 0 Å². The minimum atomic E-state index is -0.675. The minimum absolute atomic E-state index is 0.190. The van der Waals surface area contributed by atoms with Gasteiger partial charge >= 0.3 is 17.4 Å². The number of hydrogen-bond donors (Lipinski definition) is 0. The van der Waals surface area contributed by atoms with Gasteiger partial charge in [-0.3, -0.25) is 10.1 Å². The maximum absolute atomic E-state index is 11.2. The van der Waals surface area contributed by atoms with Crippen molar-refractivity contribution in [2.24, 2.45) is 0 Å². The summed E-state index contributed by atoms with van der Waals surface area (Å²) in [5.41, 5.74) is -0.466. The SMILES string of the molecule is COc1cc(OC)cc(Oc2ncnc(OC)c2[N+](=O)[O-])c1. The summed E-state index contributed by atoms with van der Waals surface area (Å²) in [6.07, 6.45) is 1.11. The maximum atomic E-state index is 11.2. The van der Waals surface area contributed by atoms with Crippen molar-refractivity contribution in [2.45, 2.75) is 0 Å². The molecule has 0 saturated carbocycles. The molecule has 1 heterocycles. The predicted molar refractivity (Wildman–Crippen MR) is 74.9 cm³/mol. The van der Waals surface area contributed by atoms with Crippen molar-refractivity contribution in [3.8, 4) is 29.0 Å². The Labute approximate surface area is 125 Å². The molecule has 116 valence electrons. The first-order valence-corrected chi connectivity index (χ1v) is 6.03. The Morgan fingerprint density at radius 3 is 1.95 bits per heavy atom. The molecule has 0 bridgehead atoms. The number of nitrogens with zero attached hydrogens (tertiary/aromatic N) is 3. The lowest BCUT2D eigenvalue weighted by Crippen LogP contribution is -2.01. The molecule has 2 rings (SSSR count). The Hall–Kier alpha value is -3.10. The molecule has 1 aromatic carbocycles. The number of nitro groups is 1. The fourth-order valence-corrected chi connectivity index (χ4v) is 1.68. The van der Waals surface area contributed by atoms with Gasteiger partial charge < -0.3 is 18.9 Å². The van der Waals surface area contributed by atoms with Gasteiger partial charge in [-0.05, 0) is 0 Å². The summed E-state index contributed by atoms with van der Waals surface area (Å²) in [6.45, 7) is 0. The Bertz CT molecular complexity index is 669. The van der Waals surface area contributed by atoms with Gasteiger partial charge in [0.15, 0.2) is 0 Å². The molecule has 0 fully saturated rings. The van der Waals surface area contributed by atoms with E-state index in [1.54, 1.807) is 18.2 Å². The largest absolute Gasteiger partial charge is 0.496 e. The zero-order valence-electron chi connectivity index (χ0n) is 12.1. The summed E-state index contributed by atoms with van der Waals surface area (Å²) in [5.74, 6) is 0.771. The Kier molecular flexibility index (Phi) is 4.57. The van der Waals surface area contributed by atoms with E-state index in [1.807, 2.05) is 0 Å². The molecule has 0 radical (unpaired) electrons. The van der Waals surface area contributed by atoms with Crippen molar-refractivity contribution in [2.75, 3.05) is 21.3 Å². The van der Waals surface area contributed by atoms with Crippen LogP contribution in [0.1, 0.15) is 0 Å². The lowest BCUT2D eigenvalue weighted by molar-refractivity contribution is -0.387. The first-order chi connectivity index (χ1) is 10.6. The van der Waals surface area contributed by atoms with Gasteiger partial charge in [-0.15, -0.1) is 0 Å². The number of aromatic nitrogens is 2. The highest BCUT2D eigenvalue weighted by atomic mass is 16.6. The van der Waals surface area contributed by atoms with Crippen molar-refractivity contribution >= 4 is 5.69 Å².